The zero-order chi connectivity index (χ0) is 20.9. The van der Waals surface area contributed by atoms with E-state index in [4.69, 9.17) is 9.47 Å². The van der Waals surface area contributed by atoms with Crippen LogP contribution in [0.4, 0.5) is 0 Å². The Kier molecular flexibility index (Phi) is 10.5. The lowest BCUT2D eigenvalue weighted by Crippen LogP contribution is -2.06. The number of benzene rings is 2. The first-order valence-corrected chi connectivity index (χ1v) is 11.9. The zero-order valence-electron chi connectivity index (χ0n) is 16.4. The first-order valence-electron chi connectivity index (χ1n) is 8.76. The van der Waals surface area contributed by atoms with Gasteiger partial charge in [-0.2, -0.15) is 0 Å². The standard InChI is InChI=1S/C22H23NO3S3/c1-4-14-23-22(29-28-18-11-6-5-7-12-18)27-16-17-10-8-9-13-19(17)20(15-25-2)21(24)26-3/h4-13,15H,1,14,16H2,2-3H3. The van der Waals surface area contributed by atoms with E-state index in [1.54, 1.807) is 39.4 Å². The first kappa shape index (κ1) is 23.2. The van der Waals surface area contributed by atoms with Gasteiger partial charge < -0.3 is 9.47 Å². The van der Waals surface area contributed by atoms with Crippen molar-refractivity contribution in [2.75, 3.05) is 20.8 Å². The van der Waals surface area contributed by atoms with Crippen molar-refractivity contribution in [2.24, 2.45) is 4.99 Å². The Morgan fingerprint density at radius 3 is 2.52 bits per heavy atom. The summed E-state index contributed by atoms with van der Waals surface area (Å²) in [6.45, 7) is 4.31. The number of ether oxygens (including phenoxy) is 2. The fraction of sp³-hybridized carbons (Fsp3) is 0.182. The molecule has 0 heterocycles. The van der Waals surface area contributed by atoms with E-state index in [0.29, 0.717) is 17.9 Å². The zero-order valence-corrected chi connectivity index (χ0v) is 18.8. The molecule has 152 valence electrons. The van der Waals surface area contributed by atoms with E-state index >= 15 is 0 Å². The summed E-state index contributed by atoms with van der Waals surface area (Å²) < 4.78 is 10.9. The molecule has 0 aliphatic rings. The van der Waals surface area contributed by atoms with Gasteiger partial charge in [0.25, 0.3) is 0 Å². The topological polar surface area (TPSA) is 47.9 Å². The molecule has 0 aliphatic carbocycles. The molecule has 0 unspecified atom stereocenters. The maximum Gasteiger partial charge on any atom is 0.341 e. The van der Waals surface area contributed by atoms with Gasteiger partial charge in [0.1, 0.15) is 9.95 Å². The minimum atomic E-state index is -0.432. The number of methoxy groups -OCH3 is 2. The Balaban J connectivity index is 2.15. The second-order valence-corrected chi connectivity index (χ2v) is 8.99. The summed E-state index contributed by atoms with van der Waals surface area (Å²) in [6.07, 6.45) is 3.20. The van der Waals surface area contributed by atoms with Crippen LogP contribution in [0.15, 0.2) is 83.4 Å². The fourth-order valence-corrected chi connectivity index (χ4v) is 5.65. The number of hydrogen-bond acceptors (Lipinski definition) is 7. The van der Waals surface area contributed by atoms with Crippen LogP contribution in [-0.2, 0) is 20.0 Å². The van der Waals surface area contributed by atoms with Gasteiger partial charge >= 0.3 is 5.97 Å². The molecule has 0 aromatic heterocycles. The molecule has 7 heteroatoms. The Morgan fingerprint density at radius 2 is 1.83 bits per heavy atom. The predicted octanol–water partition coefficient (Wildman–Crippen LogP) is 6.06. The largest absolute Gasteiger partial charge is 0.503 e. The van der Waals surface area contributed by atoms with Crippen molar-refractivity contribution >= 4 is 49.3 Å². The molecule has 0 atom stereocenters. The lowest BCUT2D eigenvalue weighted by Gasteiger charge is -2.12. The second kappa shape index (κ2) is 13.2. The molecule has 2 aromatic rings. The lowest BCUT2D eigenvalue weighted by atomic mass is 10.0. The van der Waals surface area contributed by atoms with Crippen molar-refractivity contribution in [2.45, 2.75) is 10.6 Å². The minimum Gasteiger partial charge on any atom is -0.503 e. The molecule has 29 heavy (non-hydrogen) atoms. The van der Waals surface area contributed by atoms with Crippen molar-refractivity contribution in [1.82, 2.24) is 0 Å². The van der Waals surface area contributed by atoms with E-state index in [2.05, 4.69) is 23.7 Å². The van der Waals surface area contributed by atoms with Crippen LogP contribution in [0.3, 0.4) is 0 Å². The Morgan fingerprint density at radius 1 is 1.10 bits per heavy atom. The molecule has 2 rings (SSSR count). The number of carbonyl (C=O) groups excluding carboxylic acids is 1. The van der Waals surface area contributed by atoms with Crippen LogP contribution in [0.1, 0.15) is 11.1 Å². The van der Waals surface area contributed by atoms with E-state index in [1.807, 2.05) is 42.5 Å². The summed E-state index contributed by atoms with van der Waals surface area (Å²) in [6, 6.07) is 17.9. The van der Waals surface area contributed by atoms with Gasteiger partial charge in [-0.25, -0.2) is 4.79 Å². The number of aliphatic imine (C=N–C) groups is 1. The molecule has 0 saturated heterocycles. The van der Waals surface area contributed by atoms with Gasteiger partial charge in [-0.1, -0.05) is 71.1 Å². The van der Waals surface area contributed by atoms with Gasteiger partial charge in [-0.3, -0.25) is 4.99 Å². The molecule has 0 aliphatic heterocycles. The first-order chi connectivity index (χ1) is 14.2. The summed E-state index contributed by atoms with van der Waals surface area (Å²) >= 11 is 1.63. The van der Waals surface area contributed by atoms with E-state index in [-0.39, 0.29) is 0 Å². The quantitative estimate of drug-likeness (QED) is 0.0889. The van der Waals surface area contributed by atoms with Crippen LogP contribution in [0.25, 0.3) is 5.57 Å². The normalized spacial score (nSPS) is 11.8. The second-order valence-electron chi connectivity index (χ2n) is 5.58. The van der Waals surface area contributed by atoms with Crippen LogP contribution in [0.2, 0.25) is 0 Å². The lowest BCUT2D eigenvalue weighted by molar-refractivity contribution is -0.133. The third kappa shape index (κ3) is 7.68. The number of rotatable bonds is 9. The molecular weight excluding hydrogens is 422 g/mol. The SMILES string of the molecule is C=CCN=C(SCc1ccccc1C(=COC)C(=O)OC)SSc1ccccc1. The van der Waals surface area contributed by atoms with Crippen molar-refractivity contribution in [3.05, 3.63) is 84.6 Å². The number of nitrogens with zero attached hydrogens (tertiary/aromatic N) is 1. The van der Waals surface area contributed by atoms with Crippen LogP contribution in [0, 0.1) is 0 Å². The van der Waals surface area contributed by atoms with Gasteiger partial charge in [-0.15, -0.1) is 6.58 Å². The van der Waals surface area contributed by atoms with Crippen LogP contribution < -0.4 is 0 Å². The third-order valence-electron chi connectivity index (χ3n) is 3.60. The van der Waals surface area contributed by atoms with Gasteiger partial charge in [0.2, 0.25) is 0 Å². The van der Waals surface area contributed by atoms with Crippen molar-refractivity contribution < 1.29 is 14.3 Å². The molecule has 0 spiro atoms. The van der Waals surface area contributed by atoms with E-state index in [9.17, 15) is 4.79 Å². The molecule has 0 N–H and O–H groups in total. The molecule has 4 nitrogen and oxygen atoms in total. The van der Waals surface area contributed by atoms with E-state index in [1.165, 1.54) is 25.4 Å². The van der Waals surface area contributed by atoms with Crippen molar-refractivity contribution in [3.63, 3.8) is 0 Å². The molecule has 0 radical (unpaired) electrons. The highest BCUT2D eigenvalue weighted by atomic mass is 33.1. The predicted molar refractivity (Wildman–Crippen MR) is 127 cm³/mol. The maximum atomic E-state index is 12.2. The van der Waals surface area contributed by atoms with Crippen LogP contribution >= 0.6 is 33.3 Å². The minimum absolute atomic E-state index is 0.391. The molecular formula is C22H23NO3S3. The average Bonchev–Trinajstić information content (AvgIpc) is 2.77. The Hall–Kier alpha value is -2.09. The van der Waals surface area contributed by atoms with E-state index < -0.39 is 5.97 Å². The highest BCUT2D eigenvalue weighted by Gasteiger charge is 2.17. The third-order valence-corrected chi connectivity index (χ3v) is 7.47. The van der Waals surface area contributed by atoms with Crippen molar-refractivity contribution in [1.29, 1.82) is 0 Å². The molecule has 0 amide bonds. The van der Waals surface area contributed by atoms with E-state index in [0.717, 1.165) is 15.5 Å². The highest BCUT2D eigenvalue weighted by molar-refractivity contribution is 8.86. The molecule has 0 fully saturated rings. The van der Waals surface area contributed by atoms with Gasteiger partial charge in [0.15, 0.2) is 0 Å². The van der Waals surface area contributed by atoms with Gasteiger partial charge in [0, 0.05) is 10.6 Å². The van der Waals surface area contributed by atoms with Crippen molar-refractivity contribution in [3.8, 4) is 0 Å². The van der Waals surface area contributed by atoms with Crippen LogP contribution in [-0.4, -0.2) is 31.1 Å². The average molecular weight is 446 g/mol. The summed E-state index contributed by atoms with van der Waals surface area (Å²) in [7, 11) is 6.16. The summed E-state index contributed by atoms with van der Waals surface area (Å²) in [5.41, 5.74) is 2.18. The number of esters is 1. The number of carbonyl (C=O) groups is 1. The smallest absolute Gasteiger partial charge is 0.341 e. The Labute approximate surface area is 184 Å². The highest BCUT2D eigenvalue weighted by Crippen LogP contribution is 2.37. The number of thioether (sulfide) groups is 1. The Bertz CT molecular complexity index is 867. The summed E-state index contributed by atoms with van der Waals surface area (Å²) in [5, 5.41) is 0. The summed E-state index contributed by atoms with van der Waals surface area (Å²) in [4.78, 5) is 17.9. The van der Waals surface area contributed by atoms with Gasteiger partial charge in [0.05, 0.1) is 27.0 Å². The monoisotopic (exact) mass is 445 g/mol. The fourth-order valence-electron chi connectivity index (χ4n) is 2.29. The molecule has 2 aromatic carbocycles. The van der Waals surface area contributed by atoms with Gasteiger partial charge in [-0.05, 0) is 34.1 Å². The number of hydrogen-bond donors (Lipinski definition) is 0. The molecule has 0 saturated carbocycles. The van der Waals surface area contributed by atoms with Crippen LogP contribution in [0.5, 0.6) is 0 Å². The summed E-state index contributed by atoms with van der Waals surface area (Å²) in [5.74, 6) is 0.228. The molecule has 0 bridgehead atoms. The maximum absolute atomic E-state index is 12.2.